The summed E-state index contributed by atoms with van der Waals surface area (Å²) in [4.78, 5) is 52.2. The standard InChI is InChI=1S/C22H24F6N4O6/c23-21(24,25)16-7-14(31-38-16)20(36)32-8-11-2-1-3-12(11)17(32)19(35)30-13(6-10-4-5-29-18(10)34)15(33)9-37-22(26,27)28/h7,10-13,17H,1-6,8-9H2,(H,29,34)(H,30,35)/t10-,11-,12-,13-,17-/m0/s1. The van der Waals surface area contributed by atoms with E-state index in [4.69, 9.17) is 0 Å². The van der Waals surface area contributed by atoms with Gasteiger partial charge in [-0.2, -0.15) is 13.2 Å². The number of likely N-dealkylation sites (tertiary alicyclic amines) is 1. The summed E-state index contributed by atoms with van der Waals surface area (Å²) >= 11 is 0. The Kier molecular flexibility index (Phi) is 7.72. The number of Topliss-reactive ketones (excluding diaryl/α,β-unsaturated/α-hetero) is 1. The summed E-state index contributed by atoms with van der Waals surface area (Å²) < 4.78 is 84.2. The van der Waals surface area contributed by atoms with Crippen LogP contribution in [0.25, 0.3) is 0 Å². The highest BCUT2D eigenvalue weighted by Crippen LogP contribution is 2.43. The average molecular weight is 554 g/mol. The van der Waals surface area contributed by atoms with Gasteiger partial charge < -0.3 is 20.1 Å². The van der Waals surface area contributed by atoms with Gasteiger partial charge in [-0.1, -0.05) is 11.6 Å². The number of fused-ring (bicyclic) bond motifs is 1. The van der Waals surface area contributed by atoms with Crippen LogP contribution in [0.4, 0.5) is 26.3 Å². The predicted molar refractivity (Wildman–Crippen MR) is 112 cm³/mol. The predicted octanol–water partition coefficient (Wildman–Crippen LogP) is 2.05. The Bertz CT molecular complexity index is 1090. The van der Waals surface area contributed by atoms with E-state index in [1.165, 1.54) is 0 Å². The molecule has 3 aliphatic rings. The van der Waals surface area contributed by atoms with Gasteiger partial charge in [0.05, 0.1) is 6.04 Å². The van der Waals surface area contributed by atoms with Gasteiger partial charge in [0.2, 0.25) is 17.6 Å². The minimum Gasteiger partial charge on any atom is -0.356 e. The summed E-state index contributed by atoms with van der Waals surface area (Å²) in [6.45, 7) is -1.07. The first-order valence-electron chi connectivity index (χ1n) is 11.9. The molecule has 0 radical (unpaired) electrons. The molecule has 0 unspecified atom stereocenters. The quantitative estimate of drug-likeness (QED) is 0.471. The number of nitrogens with zero attached hydrogens (tertiary/aromatic N) is 2. The molecule has 1 aromatic rings. The lowest BCUT2D eigenvalue weighted by atomic mass is 9.92. The maximum Gasteiger partial charge on any atom is 0.522 e. The molecule has 5 atom stereocenters. The fourth-order valence-electron chi connectivity index (χ4n) is 5.44. The van der Waals surface area contributed by atoms with Gasteiger partial charge in [-0.25, -0.2) is 0 Å². The Labute approximate surface area is 211 Å². The largest absolute Gasteiger partial charge is 0.522 e. The highest BCUT2D eigenvalue weighted by molar-refractivity contribution is 5.98. The molecule has 0 aromatic carbocycles. The van der Waals surface area contributed by atoms with E-state index >= 15 is 0 Å². The van der Waals surface area contributed by atoms with Crippen molar-refractivity contribution in [1.29, 1.82) is 0 Å². The van der Waals surface area contributed by atoms with Crippen LogP contribution in [0.1, 0.15) is 48.4 Å². The molecule has 1 aromatic heterocycles. The zero-order valence-corrected chi connectivity index (χ0v) is 19.7. The van der Waals surface area contributed by atoms with Crippen LogP contribution in [0.3, 0.4) is 0 Å². The number of rotatable bonds is 8. The highest BCUT2D eigenvalue weighted by atomic mass is 19.4. The summed E-state index contributed by atoms with van der Waals surface area (Å²) in [7, 11) is 0. The van der Waals surface area contributed by atoms with Crippen molar-refractivity contribution in [3.63, 3.8) is 0 Å². The third kappa shape index (κ3) is 6.10. The molecular formula is C22H24F6N4O6. The molecule has 3 amide bonds. The van der Waals surface area contributed by atoms with Gasteiger partial charge >= 0.3 is 12.5 Å². The van der Waals surface area contributed by atoms with Crippen molar-refractivity contribution in [2.45, 2.75) is 56.7 Å². The van der Waals surface area contributed by atoms with Crippen LogP contribution < -0.4 is 10.6 Å². The molecule has 2 saturated heterocycles. The van der Waals surface area contributed by atoms with Gasteiger partial charge in [0.25, 0.3) is 5.91 Å². The van der Waals surface area contributed by atoms with Crippen LogP contribution >= 0.6 is 0 Å². The molecule has 1 aliphatic carbocycles. The van der Waals surface area contributed by atoms with Gasteiger partial charge in [0, 0.05) is 25.1 Å². The Morgan fingerprint density at radius 2 is 1.92 bits per heavy atom. The molecular weight excluding hydrogens is 530 g/mol. The molecule has 1 saturated carbocycles. The van der Waals surface area contributed by atoms with Crippen molar-refractivity contribution in [3.05, 3.63) is 17.5 Å². The monoisotopic (exact) mass is 554 g/mol. The number of carbonyl (C=O) groups excluding carboxylic acids is 4. The maximum absolute atomic E-state index is 13.4. The number of nitrogens with one attached hydrogen (secondary N) is 2. The van der Waals surface area contributed by atoms with Crippen molar-refractivity contribution in [2.24, 2.45) is 17.8 Å². The minimum atomic E-state index is -5.10. The first-order valence-corrected chi connectivity index (χ1v) is 11.9. The van der Waals surface area contributed by atoms with E-state index in [1.54, 1.807) is 0 Å². The molecule has 0 bridgehead atoms. The lowest BCUT2D eigenvalue weighted by Crippen LogP contribution is -2.54. The van der Waals surface area contributed by atoms with E-state index < -0.39 is 72.1 Å². The molecule has 3 heterocycles. The number of halogens is 6. The Morgan fingerprint density at radius 1 is 1.18 bits per heavy atom. The van der Waals surface area contributed by atoms with Crippen molar-refractivity contribution >= 4 is 23.5 Å². The first-order chi connectivity index (χ1) is 17.7. The van der Waals surface area contributed by atoms with Crippen molar-refractivity contribution < 1.29 is 54.8 Å². The second-order valence-electron chi connectivity index (χ2n) is 9.61. The number of hydrogen-bond donors (Lipinski definition) is 2. The number of ether oxygens (including phenoxy) is 1. The number of aromatic nitrogens is 1. The smallest absolute Gasteiger partial charge is 0.356 e. The third-order valence-corrected chi connectivity index (χ3v) is 7.19. The third-order valence-electron chi connectivity index (χ3n) is 7.19. The highest BCUT2D eigenvalue weighted by Gasteiger charge is 2.51. The Balaban J connectivity index is 1.54. The molecule has 10 nitrogen and oxygen atoms in total. The molecule has 210 valence electrons. The van der Waals surface area contributed by atoms with Crippen molar-refractivity contribution in [3.8, 4) is 0 Å². The van der Waals surface area contributed by atoms with Crippen LogP contribution in [0.5, 0.6) is 0 Å². The summed E-state index contributed by atoms with van der Waals surface area (Å²) in [6, 6.07) is -2.32. The van der Waals surface area contributed by atoms with Crippen molar-refractivity contribution in [1.82, 2.24) is 20.7 Å². The zero-order chi connectivity index (χ0) is 27.8. The van der Waals surface area contributed by atoms with Crippen LogP contribution in [0.15, 0.2) is 10.6 Å². The van der Waals surface area contributed by atoms with Crippen molar-refractivity contribution in [2.75, 3.05) is 19.7 Å². The van der Waals surface area contributed by atoms with Crippen LogP contribution in [0.2, 0.25) is 0 Å². The Hall–Kier alpha value is -3.17. The summed E-state index contributed by atoms with van der Waals surface area (Å²) in [6.07, 6.45) is -8.09. The fraction of sp³-hybridized carbons (Fsp3) is 0.682. The van der Waals surface area contributed by atoms with Gasteiger partial charge in [-0.05, 0) is 37.5 Å². The topological polar surface area (TPSA) is 131 Å². The number of ketones is 1. The van der Waals surface area contributed by atoms with E-state index in [1.807, 2.05) is 0 Å². The zero-order valence-electron chi connectivity index (χ0n) is 19.7. The van der Waals surface area contributed by atoms with Crippen LogP contribution in [-0.2, 0) is 25.3 Å². The lowest BCUT2D eigenvalue weighted by molar-refractivity contribution is -0.321. The second kappa shape index (κ2) is 10.5. The molecule has 4 rings (SSSR count). The van der Waals surface area contributed by atoms with E-state index in [9.17, 15) is 45.5 Å². The summed E-state index contributed by atoms with van der Waals surface area (Å²) in [5, 5.41) is 8.11. The number of amides is 3. The van der Waals surface area contributed by atoms with Gasteiger partial charge in [0.15, 0.2) is 11.5 Å². The van der Waals surface area contributed by atoms with E-state index in [0.717, 1.165) is 11.3 Å². The summed E-state index contributed by atoms with van der Waals surface area (Å²) in [5.41, 5.74) is -0.663. The van der Waals surface area contributed by atoms with Crippen LogP contribution in [0, 0.1) is 17.8 Å². The number of carbonyl (C=O) groups is 4. The van der Waals surface area contributed by atoms with E-state index in [2.05, 4.69) is 25.1 Å². The molecule has 16 heteroatoms. The molecule has 0 spiro atoms. The molecule has 38 heavy (non-hydrogen) atoms. The number of hydrogen-bond acceptors (Lipinski definition) is 7. The second-order valence-corrected chi connectivity index (χ2v) is 9.61. The molecule has 2 aliphatic heterocycles. The summed E-state index contributed by atoms with van der Waals surface area (Å²) in [5.74, 6) is -6.17. The van der Waals surface area contributed by atoms with Gasteiger partial charge in [0.1, 0.15) is 12.6 Å². The Morgan fingerprint density at radius 3 is 2.53 bits per heavy atom. The molecule has 2 N–H and O–H groups in total. The fourth-order valence-corrected chi connectivity index (χ4v) is 5.44. The normalized spacial score (nSPS) is 26.3. The average Bonchev–Trinajstić information content (AvgIpc) is 3.60. The maximum atomic E-state index is 13.4. The number of alkyl halides is 6. The van der Waals surface area contributed by atoms with Gasteiger partial charge in [-0.3, -0.25) is 23.9 Å². The van der Waals surface area contributed by atoms with E-state index in [-0.39, 0.29) is 24.8 Å². The van der Waals surface area contributed by atoms with Gasteiger partial charge in [-0.15, -0.1) is 13.2 Å². The first kappa shape index (κ1) is 27.9. The van der Waals surface area contributed by atoms with Crippen LogP contribution in [-0.4, -0.2) is 71.7 Å². The lowest BCUT2D eigenvalue weighted by Gasteiger charge is -2.29. The van der Waals surface area contributed by atoms with E-state index in [0.29, 0.717) is 31.9 Å². The molecule has 3 fully saturated rings. The SMILES string of the molecule is O=C1NCC[C@H]1C[C@H](NC(=O)[C@@H]1[C@H]2CCC[C@H]2CN1C(=O)c1cc(C(F)(F)F)on1)C(=O)COC(F)(F)F. The minimum absolute atomic E-state index is 0.0383.